The normalized spacial score (nSPS) is 12.5. The number of carboxylic acid groups (broad SMARTS) is 1. The van der Waals surface area contributed by atoms with Crippen molar-refractivity contribution in [2.75, 3.05) is 12.0 Å². The fraction of sp³-hybridized carbons (Fsp3) is 0.333. The summed E-state index contributed by atoms with van der Waals surface area (Å²) in [6.45, 7) is 0.391. The fourth-order valence-corrected chi connectivity index (χ4v) is 2.73. The van der Waals surface area contributed by atoms with Crippen molar-refractivity contribution in [3.05, 3.63) is 41.0 Å². The van der Waals surface area contributed by atoms with Gasteiger partial charge in [0, 0.05) is 17.5 Å². The highest BCUT2D eigenvalue weighted by Gasteiger charge is 2.16. The molecule has 0 aliphatic heterocycles. The molecule has 21 heavy (non-hydrogen) atoms. The highest BCUT2D eigenvalue weighted by Crippen LogP contribution is 2.20. The van der Waals surface area contributed by atoms with Crippen molar-refractivity contribution in [2.45, 2.75) is 19.0 Å². The lowest BCUT2D eigenvalue weighted by molar-refractivity contribution is -0.139. The molecule has 0 saturated heterocycles. The number of carboxylic acids is 1. The van der Waals surface area contributed by atoms with E-state index in [0.717, 1.165) is 22.2 Å². The quantitative estimate of drug-likeness (QED) is 0.766. The molecule has 2 rings (SSSR count). The Morgan fingerprint density at radius 2 is 2.24 bits per heavy atom. The van der Waals surface area contributed by atoms with Crippen LogP contribution in [0.4, 0.5) is 0 Å². The molecule has 0 bridgehead atoms. The maximum atomic E-state index is 11.2. The van der Waals surface area contributed by atoms with Crippen LogP contribution < -0.4 is 5.32 Å². The number of aliphatic carboxylic acids is 1. The van der Waals surface area contributed by atoms with Crippen molar-refractivity contribution >= 4 is 40.2 Å². The third kappa shape index (κ3) is 4.33. The van der Waals surface area contributed by atoms with E-state index in [9.17, 15) is 9.90 Å². The molecule has 0 radical (unpaired) electrons. The van der Waals surface area contributed by atoms with Gasteiger partial charge in [-0.05, 0) is 30.6 Å². The fourth-order valence-electron chi connectivity index (χ4n) is 2.04. The first-order valence-corrected chi connectivity index (χ1v) is 8.38. The summed E-state index contributed by atoms with van der Waals surface area (Å²) in [4.78, 5) is 15.5. The lowest BCUT2D eigenvalue weighted by Gasteiger charge is -2.14. The summed E-state index contributed by atoms with van der Waals surface area (Å²) in [6, 6.07) is 9.09. The summed E-state index contributed by atoms with van der Waals surface area (Å²) >= 11 is 7.80. The zero-order chi connectivity index (χ0) is 15.2. The molecule has 0 saturated carbocycles. The monoisotopic (exact) mass is 324 g/mol. The number of benzene rings is 1. The maximum absolute atomic E-state index is 11.2. The summed E-state index contributed by atoms with van der Waals surface area (Å²) in [5.41, 5.74) is 1.65. The van der Waals surface area contributed by atoms with E-state index in [1.807, 2.05) is 36.6 Å². The van der Waals surface area contributed by atoms with E-state index in [1.54, 1.807) is 11.8 Å². The van der Waals surface area contributed by atoms with Gasteiger partial charge in [0.05, 0.1) is 5.52 Å². The van der Waals surface area contributed by atoms with Gasteiger partial charge in [0.2, 0.25) is 0 Å². The zero-order valence-corrected chi connectivity index (χ0v) is 13.2. The highest BCUT2D eigenvalue weighted by molar-refractivity contribution is 7.98. The van der Waals surface area contributed by atoms with Gasteiger partial charge in [0.1, 0.15) is 11.2 Å². The van der Waals surface area contributed by atoms with Crippen LogP contribution in [0, 0.1) is 0 Å². The van der Waals surface area contributed by atoms with Gasteiger partial charge in [0.25, 0.3) is 0 Å². The lowest BCUT2D eigenvalue weighted by atomic mass is 10.1. The van der Waals surface area contributed by atoms with E-state index in [-0.39, 0.29) is 0 Å². The Hall–Kier alpha value is -1.30. The van der Waals surface area contributed by atoms with E-state index < -0.39 is 12.0 Å². The average Bonchev–Trinajstić information content (AvgIpc) is 2.47. The number of nitrogens with zero attached hydrogens (tertiary/aromatic N) is 1. The molecule has 6 heteroatoms. The second-order valence-corrected chi connectivity index (χ2v) is 6.03. The lowest BCUT2D eigenvalue weighted by Crippen LogP contribution is -2.36. The van der Waals surface area contributed by atoms with Crippen LogP contribution in [0.3, 0.4) is 0 Å². The molecule has 1 aromatic carbocycles. The molecule has 0 amide bonds. The molecule has 0 spiro atoms. The van der Waals surface area contributed by atoms with Crippen LogP contribution in [0.2, 0.25) is 5.15 Å². The van der Waals surface area contributed by atoms with Crippen LogP contribution in [0.25, 0.3) is 10.9 Å². The number of hydrogen-bond donors (Lipinski definition) is 2. The number of para-hydroxylation sites is 1. The number of pyridine rings is 1. The Balaban J connectivity index is 2.11. The highest BCUT2D eigenvalue weighted by atomic mass is 35.5. The van der Waals surface area contributed by atoms with Gasteiger partial charge in [0.15, 0.2) is 0 Å². The van der Waals surface area contributed by atoms with Crippen molar-refractivity contribution in [3.63, 3.8) is 0 Å². The largest absolute Gasteiger partial charge is 0.480 e. The molecule has 1 atom stereocenters. The van der Waals surface area contributed by atoms with Gasteiger partial charge in [-0.25, -0.2) is 4.98 Å². The molecule has 1 unspecified atom stereocenters. The van der Waals surface area contributed by atoms with Crippen LogP contribution in [0.15, 0.2) is 30.3 Å². The molecule has 1 heterocycles. The Morgan fingerprint density at radius 1 is 1.48 bits per heavy atom. The summed E-state index contributed by atoms with van der Waals surface area (Å²) < 4.78 is 0. The first-order valence-electron chi connectivity index (χ1n) is 6.61. The van der Waals surface area contributed by atoms with Gasteiger partial charge >= 0.3 is 5.97 Å². The number of rotatable bonds is 7. The number of nitrogens with one attached hydrogen (secondary N) is 1. The standard InChI is InChI=1S/C15H17ClN2O2S/c1-21-7-6-13(15(19)20)17-9-11-8-10-4-2-3-5-12(10)18-14(11)16/h2-5,8,13,17H,6-7,9H2,1H3,(H,19,20). The van der Waals surface area contributed by atoms with E-state index >= 15 is 0 Å². The minimum absolute atomic E-state index is 0.391. The zero-order valence-electron chi connectivity index (χ0n) is 11.7. The Kier molecular flexibility index (Phi) is 5.85. The van der Waals surface area contributed by atoms with Crippen molar-refractivity contribution in [2.24, 2.45) is 0 Å². The topological polar surface area (TPSA) is 62.2 Å². The number of carbonyl (C=O) groups is 1. The van der Waals surface area contributed by atoms with Gasteiger partial charge in [-0.15, -0.1) is 0 Å². The van der Waals surface area contributed by atoms with Crippen LogP contribution in [0.5, 0.6) is 0 Å². The summed E-state index contributed by atoms with van der Waals surface area (Å²) in [5, 5.41) is 13.6. The van der Waals surface area contributed by atoms with Gasteiger partial charge in [-0.3, -0.25) is 4.79 Å². The molecule has 4 nitrogen and oxygen atoms in total. The molecule has 1 aromatic heterocycles. The average molecular weight is 325 g/mol. The maximum Gasteiger partial charge on any atom is 0.320 e. The number of fused-ring (bicyclic) bond motifs is 1. The summed E-state index contributed by atoms with van der Waals surface area (Å²) in [6.07, 6.45) is 2.54. The Bertz CT molecular complexity index is 636. The van der Waals surface area contributed by atoms with Crippen molar-refractivity contribution in [1.82, 2.24) is 10.3 Å². The van der Waals surface area contributed by atoms with E-state index in [0.29, 0.717) is 18.1 Å². The predicted molar refractivity (Wildman–Crippen MR) is 88.0 cm³/mol. The number of aromatic nitrogens is 1. The summed E-state index contributed by atoms with van der Waals surface area (Å²) in [5.74, 6) is -0.0397. The number of halogens is 1. The van der Waals surface area contributed by atoms with Crippen LogP contribution in [-0.4, -0.2) is 34.1 Å². The second kappa shape index (κ2) is 7.64. The Morgan fingerprint density at radius 3 is 2.95 bits per heavy atom. The smallest absolute Gasteiger partial charge is 0.320 e. The van der Waals surface area contributed by atoms with Crippen LogP contribution >= 0.6 is 23.4 Å². The molecular formula is C15H17ClN2O2S. The molecule has 2 aromatic rings. The minimum atomic E-state index is -0.839. The molecule has 0 aliphatic rings. The van der Waals surface area contributed by atoms with Gasteiger partial charge < -0.3 is 10.4 Å². The minimum Gasteiger partial charge on any atom is -0.480 e. The van der Waals surface area contributed by atoms with E-state index in [2.05, 4.69) is 10.3 Å². The third-order valence-electron chi connectivity index (χ3n) is 3.20. The predicted octanol–water partition coefficient (Wildman–Crippen LogP) is 3.18. The van der Waals surface area contributed by atoms with Crippen molar-refractivity contribution in [1.29, 1.82) is 0 Å². The molecule has 0 aliphatic carbocycles. The first-order chi connectivity index (χ1) is 10.1. The van der Waals surface area contributed by atoms with E-state index in [4.69, 9.17) is 11.6 Å². The molecule has 112 valence electrons. The second-order valence-electron chi connectivity index (χ2n) is 4.68. The van der Waals surface area contributed by atoms with Crippen molar-refractivity contribution in [3.8, 4) is 0 Å². The van der Waals surface area contributed by atoms with E-state index in [1.165, 1.54) is 0 Å². The SMILES string of the molecule is CSCCC(NCc1cc2ccccc2nc1Cl)C(=O)O. The number of hydrogen-bond acceptors (Lipinski definition) is 4. The number of thioether (sulfide) groups is 1. The van der Waals surface area contributed by atoms with Crippen molar-refractivity contribution < 1.29 is 9.90 Å². The van der Waals surface area contributed by atoms with Gasteiger partial charge in [-0.2, -0.15) is 11.8 Å². The Labute approximate surface area is 132 Å². The molecule has 0 fully saturated rings. The van der Waals surface area contributed by atoms with Crippen LogP contribution in [-0.2, 0) is 11.3 Å². The molecular weight excluding hydrogens is 308 g/mol. The first kappa shape index (κ1) is 16.1. The third-order valence-corrected chi connectivity index (χ3v) is 4.17. The van der Waals surface area contributed by atoms with Crippen LogP contribution in [0.1, 0.15) is 12.0 Å². The summed E-state index contributed by atoms with van der Waals surface area (Å²) in [7, 11) is 0. The van der Waals surface area contributed by atoms with Gasteiger partial charge in [-0.1, -0.05) is 29.8 Å². The molecule has 2 N–H and O–H groups in total.